The summed E-state index contributed by atoms with van der Waals surface area (Å²) in [5, 5.41) is 4.68. The molecule has 1 heterocycles. The molecule has 7 heteroatoms. The molecule has 0 spiro atoms. The summed E-state index contributed by atoms with van der Waals surface area (Å²) < 4.78 is 11.3. The first-order valence-electron chi connectivity index (χ1n) is 8.99. The maximum atomic E-state index is 5.91. The Labute approximate surface area is 187 Å². The van der Waals surface area contributed by atoms with Gasteiger partial charge in [-0.15, -0.1) is 12.4 Å². The number of benzene rings is 2. The molecule has 0 saturated carbocycles. The van der Waals surface area contributed by atoms with E-state index in [0.717, 1.165) is 35.7 Å². The van der Waals surface area contributed by atoms with Crippen LogP contribution in [0.5, 0.6) is 11.5 Å². The van der Waals surface area contributed by atoms with E-state index < -0.39 is 0 Å². The van der Waals surface area contributed by atoms with Crippen LogP contribution in [0.25, 0.3) is 0 Å². The minimum Gasteiger partial charge on any atom is -0.493 e. The van der Waals surface area contributed by atoms with Crippen molar-refractivity contribution >= 4 is 35.6 Å². The van der Waals surface area contributed by atoms with E-state index in [1.54, 1.807) is 19.4 Å². The van der Waals surface area contributed by atoms with Crippen molar-refractivity contribution in [2.24, 2.45) is 0 Å². The van der Waals surface area contributed by atoms with Crippen LogP contribution in [0.3, 0.4) is 0 Å². The molecule has 29 heavy (non-hydrogen) atoms. The molecule has 0 saturated heterocycles. The van der Waals surface area contributed by atoms with Crippen molar-refractivity contribution in [1.29, 1.82) is 0 Å². The number of nitrogens with one attached hydrogen (secondary N) is 1. The highest BCUT2D eigenvalue weighted by molar-refractivity contribution is 6.30. The zero-order valence-electron chi connectivity index (χ0n) is 16.0. The summed E-state index contributed by atoms with van der Waals surface area (Å²) in [6, 6.07) is 17.5. The molecule has 0 unspecified atom stereocenters. The highest BCUT2D eigenvalue weighted by Gasteiger charge is 2.07. The fourth-order valence-electron chi connectivity index (χ4n) is 2.71. The van der Waals surface area contributed by atoms with E-state index in [1.165, 1.54) is 5.56 Å². The van der Waals surface area contributed by atoms with E-state index in [0.29, 0.717) is 23.3 Å². The lowest BCUT2D eigenvalue weighted by atomic mass is 10.1. The average Bonchev–Trinajstić information content (AvgIpc) is 2.72. The Bertz CT molecular complexity index is 888. The van der Waals surface area contributed by atoms with Crippen LogP contribution in [-0.2, 0) is 19.6 Å². The summed E-state index contributed by atoms with van der Waals surface area (Å²) in [4.78, 5) is 4.06. The Morgan fingerprint density at radius 3 is 2.31 bits per heavy atom. The fourth-order valence-corrected chi connectivity index (χ4v) is 2.95. The van der Waals surface area contributed by atoms with Gasteiger partial charge in [0.05, 0.1) is 7.11 Å². The second kappa shape index (κ2) is 11.9. The highest BCUT2D eigenvalue weighted by atomic mass is 35.5. The first-order valence-corrected chi connectivity index (χ1v) is 9.75. The van der Waals surface area contributed by atoms with Gasteiger partial charge in [-0.05, 0) is 54.4 Å². The largest absolute Gasteiger partial charge is 0.493 e. The third-order valence-corrected chi connectivity index (χ3v) is 4.72. The van der Waals surface area contributed by atoms with Crippen molar-refractivity contribution < 1.29 is 9.47 Å². The lowest BCUT2D eigenvalue weighted by Crippen LogP contribution is -2.16. The molecule has 0 radical (unpaired) electrons. The second-order valence-electron chi connectivity index (χ2n) is 6.32. The number of pyridine rings is 1. The van der Waals surface area contributed by atoms with Gasteiger partial charge in [-0.25, -0.2) is 4.98 Å². The number of rotatable bonds is 9. The van der Waals surface area contributed by atoms with Crippen molar-refractivity contribution in [3.05, 3.63) is 87.7 Å². The number of aromatic nitrogens is 1. The first kappa shape index (κ1) is 23.3. The summed E-state index contributed by atoms with van der Waals surface area (Å²) >= 11 is 11.7. The van der Waals surface area contributed by atoms with Gasteiger partial charge in [0.1, 0.15) is 11.8 Å². The molecule has 0 aliphatic carbocycles. The predicted octanol–water partition coefficient (Wildman–Crippen LogP) is 5.73. The van der Waals surface area contributed by atoms with Gasteiger partial charge in [0.15, 0.2) is 11.5 Å². The normalized spacial score (nSPS) is 10.3. The summed E-state index contributed by atoms with van der Waals surface area (Å²) in [6.45, 7) is 2.04. The molecule has 3 aromatic rings. The molecule has 0 amide bonds. The Morgan fingerprint density at radius 1 is 0.897 bits per heavy atom. The van der Waals surface area contributed by atoms with Gasteiger partial charge >= 0.3 is 0 Å². The molecule has 0 aliphatic rings. The van der Waals surface area contributed by atoms with Crippen molar-refractivity contribution in [1.82, 2.24) is 10.3 Å². The average molecular weight is 454 g/mol. The molecule has 3 rings (SSSR count). The molecule has 1 N–H and O–H groups in total. The maximum Gasteiger partial charge on any atom is 0.161 e. The number of nitrogens with zero attached hydrogens (tertiary/aromatic N) is 1. The van der Waals surface area contributed by atoms with Crippen LogP contribution in [0.1, 0.15) is 16.7 Å². The van der Waals surface area contributed by atoms with Gasteiger partial charge in [0, 0.05) is 23.3 Å². The third-order valence-electron chi connectivity index (χ3n) is 4.24. The molecule has 0 atom stereocenters. The minimum atomic E-state index is 0. The molecule has 1 aromatic heterocycles. The lowest BCUT2D eigenvalue weighted by molar-refractivity contribution is 0.284. The predicted molar refractivity (Wildman–Crippen MR) is 121 cm³/mol. The smallest absolute Gasteiger partial charge is 0.161 e. The molecular weight excluding hydrogens is 431 g/mol. The van der Waals surface area contributed by atoms with Gasteiger partial charge < -0.3 is 14.8 Å². The molecule has 2 aromatic carbocycles. The Kier molecular flexibility index (Phi) is 9.55. The molecule has 0 aliphatic heterocycles. The van der Waals surface area contributed by atoms with Crippen molar-refractivity contribution in [2.75, 3.05) is 13.7 Å². The van der Waals surface area contributed by atoms with Gasteiger partial charge in [0.2, 0.25) is 0 Å². The topological polar surface area (TPSA) is 43.4 Å². The lowest BCUT2D eigenvalue weighted by Gasteiger charge is -2.13. The zero-order valence-corrected chi connectivity index (χ0v) is 18.4. The van der Waals surface area contributed by atoms with Crippen molar-refractivity contribution in [3.8, 4) is 11.5 Å². The Balaban J connectivity index is 0.00000300. The zero-order chi connectivity index (χ0) is 19.8. The molecule has 0 fully saturated rings. The van der Waals surface area contributed by atoms with Crippen LogP contribution < -0.4 is 14.8 Å². The van der Waals surface area contributed by atoms with E-state index in [4.69, 9.17) is 32.7 Å². The van der Waals surface area contributed by atoms with E-state index in [-0.39, 0.29) is 12.4 Å². The quantitative estimate of drug-likeness (QED) is 0.332. The summed E-state index contributed by atoms with van der Waals surface area (Å²) in [7, 11) is 1.64. The number of halogens is 3. The Hall–Kier alpha value is -1.98. The van der Waals surface area contributed by atoms with Crippen LogP contribution in [0.4, 0.5) is 0 Å². The number of ether oxygens (including phenoxy) is 2. The van der Waals surface area contributed by atoms with E-state index in [9.17, 15) is 0 Å². The van der Waals surface area contributed by atoms with Gasteiger partial charge in [-0.3, -0.25) is 0 Å². The fraction of sp³-hybridized carbons (Fsp3) is 0.227. The van der Waals surface area contributed by atoms with Crippen LogP contribution in [0.15, 0.2) is 60.8 Å². The maximum absolute atomic E-state index is 5.91. The SMILES string of the molecule is COc1cc(CNCCc2ccc(Cl)cc2)ccc1OCc1ccc(Cl)nc1.Cl. The van der Waals surface area contributed by atoms with Crippen LogP contribution in [0, 0.1) is 0 Å². The molecule has 0 bridgehead atoms. The monoisotopic (exact) mass is 452 g/mol. The number of methoxy groups -OCH3 is 1. The minimum absolute atomic E-state index is 0. The van der Waals surface area contributed by atoms with E-state index in [1.807, 2.05) is 36.4 Å². The third kappa shape index (κ3) is 7.41. The van der Waals surface area contributed by atoms with E-state index >= 15 is 0 Å². The van der Waals surface area contributed by atoms with Crippen molar-refractivity contribution in [3.63, 3.8) is 0 Å². The van der Waals surface area contributed by atoms with Crippen LogP contribution in [-0.4, -0.2) is 18.6 Å². The van der Waals surface area contributed by atoms with E-state index in [2.05, 4.69) is 22.4 Å². The molecular formula is C22H23Cl3N2O2. The summed E-state index contributed by atoms with van der Waals surface area (Å²) in [5.41, 5.74) is 3.34. The van der Waals surface area contributed by atoms with Gasteiger partial charge in [-0.1, -0.05) is 47.5 Å². The summed E-state index contributed by atoms with van der Waals surface area (Å²) in [5.74, 6) is 1.40. The molecule has 4 nitrogen and oxygen atoms in total. The van der Waals surface area contributed by atoms with Crippen molar-refractivity contribution in [2.45, 2.75) is 19.6 Å². The summed E-state index contributed by atoms with van der Waals surface area (Å²) in [6.07, 6.45) is 2.65. The number of hydrogen-bond donors (Lipinski definition) is 1. The number of hydrogen-bond acceptors (Lipinski definition) is 4. The Morgan fingerprint density at radius 2 is 1.62 bits per heavy atom. The van der Waals surface area contributed by atoms with Crippen LogP contribution in [0.2, 0.25) is 10.2 Å². The van der Waals surface area contributed by atoms with Gasteiger partial charge in [-0.2, -0.15) is 0 Å². The molecule has 154 valence electrons. The van der Waals surface area contributed by atoms with Gasteiger partial charge in [0.25, 0.3) is 0 Å². The highest BCUT2D eigenvalue weighted by Crippen LogP contribution is 2.29. The second-order valence-corrected chi connectivity index (χ2v) is 7.14. The van der Waals surface area contributed by atoms with Crippen LogP contribution >= 0.6 is 35.6 Å². The first-order chi connectivity index (χ1) is 13.6. The standard InChI is InChI=1S/C22H22Cl2N2O2.ClH/c1-27-21-12-17(13-25-11-10-16-2-6-19(23)7-3-16)4-8-20(21)28-15-18-5-9-22(24)26-14-18;/h2-9,12,14,25H,10-11,13,15H2,1H3;1H.